The number of ether oxygens (including phenoxy) is 1. The SMILES string of the molecule is COc1cccc(Nc2cncc(C(=O)Nc3ccc(C(C)=O)cc3)c2)c1. The Morgan fingerprint density at radius 1 is 0.889 bits per heavy atom. The predicted octanol–water partition coefficient (Wildman–Crippen LogP) is 4.29. The van der Waals surface area contributed by atoms with E-state index in [2.05, 4.69) is 15.6 Å². The van der Waals surface area contributed by atoms with E-state index in [-0.39, 0.29) is 11.7 Å². The summed E-state index contributed by atoms with van der Waals surface area (Å²) in [5.41, 5.74) is 3.13. The maximum absolute atomic E-state index is 12.5. The summed E-state index contributed by atoms with van der Waals surface area (Å²) in [6, 6.07) is 15.9. The standard InChI is InChI=1S/C21H19N3O3/c1-14(25)15-6-8-17(9-7-15)24-21(26)16-10-19(13-22-12-16)23-18-4-3-5-20(11-18)27-2/h3-13,23H,1-2H3,(H,24,26). The van der Waals surface area contributed by atoms with Gasteiger partial charge in [0, 0.05) is 29.2 Å². The van der Waals surface area contributed by atoms with E-state index in [0.29, 0.717) is 22.5 Å². The second-order valence-corrected chi connectivity index (χ2v) is 5.91. The van der Waals surface area contributed by atoms with Gasteiger partial charge in [-0.1, -0.05) is 6.07 Å². The molecule has 0 aliphatic heterocycles. The zero-order valence-electron chi connectivity index (χ0n) is 15.0. The molecule has 2 N–H and O–H groups in total. The molecular formula is C21H19N3O3. The molecule has 3 rings (SSSR count). The Morgan fingerprint density at radius 3 is 2.37 bits per heavy atom. The molecule has 1 heterocycles. The summed E-state index contributed by atoms with van der Waals surface area (Å²) in [4.78, 5) is 27.9. The molecule has 2 aromatic carbocycles. The van der Waals surface area contributed by atoms with Crippen LogP contribution in [0.2, 0.25) is 0 Å². The smallest absolute Gasteiger partial charge is 0.257 e. The van der Waals surface area contributed by atoms with Crippen LogP contribution in [0, 0.1) is 0 Å². The van der Waals surface area contributed by atoms with Crippen LogP contribution >= 0.6 is 0 Å². The van der Waals surface area contributed by atoms with Gasteiger partial charge >= 0.3 is 0 Å². The Bertz CT molecular complexity index is 968. The summed E-state index contributed by atoms with van der Waals surface area (Å²) in [6.07, 6.45) is 3.13. The molecular weight excluding hydrogens is 342 g/mol. The van der Waals surface area contributed by atoms with Gasteiger partial charge in [-0.25, -0.2) is 0 Å². The number of Topliss-reactive ketones (excluding diaryl/α,β-unsaturated/α-hetero) is 1. The lowest BCUT2D eigenvalue weighted by molar-refractivity contribution is 0.101. The van der Waals surface area contributed by atoms with Crippen molar-refractivity contribution in [1.82, 2.24) is 4.98 Å². The molecule has 6 nitrogen and oxygen atoms in total. The summed E-state index contributed by atoms with van der Waals surface area (Å²) < 4.78 is 5.20. The average molecular weight is 361 g/mol. The van der Waals surface area contributed by atoms with E-state index in [0.717, 1.165) is 11.4 Å². The summed E-state index contributed by atoms with van der Waals surface area (Å²) >= 11 is 0. The Kier molecular flexibility index (Phi) is 5.47. The van der Waals surface area contributed by atoms with Crippen molar-refractivity contribution in [2.45, 2.75) is 6.92 Å². The van der Waals surface area contributed by atoms with Gasteiger partial charge in [0.15, 0.2) is 5.78 Å². The second-order valence-electron chi connectivity index (χ2n) is 5.91. The minimum atomic E-state index is -0.285. The van der Waals surface area contributed by atoms with Crippen molar-refractivity contribution in [3.8, 4) is 5.75 Å². The van der Waals surface area contributed by atoms with Gasteiger partial charge in [0.2, 0.25) is 0 Å². The highest BCUT2D eigenvalue weighted by atomic mass is 16.5. The number of ketones is 1. The third kappa shape index (κ3) is 4.70. The first kappa shape index (κ1) is 18.1. The molecule has 1 aromatic heterocycles. The lowest BCUT2D eigenvalue weighted by atomic mass is 10.1. The largest absolute Gasteiger partial charge is 0.497 e. The predicted molar refractivity (Wildman–Crippen MR) is 105 cm³/mol. The summed E-state index contributed by atoms with van der Waals surface area (Å²) in [6.45, 7) is 1.50. The van der Waals surface area contributed by atoms with Crippen LogP contribution in [0.5, 0.6) is 5.75 Å². The number of nitrogens with zero attached hydrogens (tertiary/aromatic N) is 1. The number of nitrogens with one attached hydrogen (secondary N) is 2. The van der Waals surface area contributed by atoms with E-state index in [4.69, 9.17) is 4.74 Å². The molecule has 0 radical (unpaired) electrons. The van der Waals surface area contributed by atoms with Crippen molar-refractivity contribution >= 4 is 28.8 Å². The van der Waals surface area contributed by atoms with Crippen LogP contribution in [-0.2, 0) is 0 Å². The molecule has 0 saturated heterocycles. The Morgan fingerprint density at radius 2 is 1.67 bits per heavy atom. The van der Waals surface area contributed by atoms with Crippen molar-refractivity contribution in [1.29, 1.82) is 0 Å². The van der Waals surface area contributed by atoms with Gasteiger partial charge in [-0.15, -0.1) is 0 Å². The number of methoxy groups -OCH3 is 1. The third-order valence-corrected chi connectivity index (χ3v) is 3.91. The number of benzene rings is 2. The van der Waals surface area contributed by atoms with Crippen LogP contribution in [0.4, 0.5) is 17.1 Å². The molecule has 6 heteroatoms. The number of rotatable bonds is 6. The molecule has 0 aliphatic rings. The van der Waals surface area contributed by atoms with Crippen LogP contribution in [-0.4, -0.2) is 23.8 Å². The topological polar surface area (TPSA) is 80.3 Å². The van der Waals surface area contributed by atoms with Gasteiger partial charge < -0.3 is 15.4 Å². The Balaban J connectivity index is 1.72. The highest BCUT2D eigenvalue weighted by Gasteiger charge is 2.09. The van der Waals surface area contributed by atoms with Crippen molar-refractivity contribution in [3.05, 3.63) is 78.1 Å². The first-order valence-electron chi connectivity index (χ1n) is 8.33. The van der Waals surface area contributed by atoms with Crippen LogP contribution in [0.1, 0.15) is 27.6 Å². The number of amides is 1. The average Bonchev–Trinajstić information content (AvgIpc) is 2.68. The lowest BCUT2D eigenvalue weighted by Crippen LogP contribution is -2.12. The minimum Gasteiger partial charge on any atom is -0.497 e. The lowest BCUT2D eigenvalue weighted by Gasteiger charge is -2.10. The fourth-order valence-corrected chi connectivity index (χ4v) is 2.49. The highest BCUT2D eigenvalue weighted by Crippen LogP contribution is 2.21. The molecule has 0 spiro atoms. The zero-order chi connectivity index (χ0) is 19.2. The quantitative estimate of drug-likeness (QED) is 0.640. The normalized spacial score (nSPS) is 10.1. The van der Waals surface area contributed by atoms with E-state index >= 15 is 0 Å². The highest BCUT2D eigenvalue weighted by molar-refractivity contribution is 6.05. The Labute approximate surface area is 157 Å². The number of pyridine rings is 1. The fourth-order valence-electron chi connectivity index (χ4n) is 2.49. The first-order chi connectivity index (χ1) is 13.0. The number of hydrogen-bond donors (Lipinski definition) is 2. The van der Waals surface area contributed by atoms with Crippen LogP contribution in [0.15, 0.2) is 67.0 Å². The number of carbonyl (C=O) groups excluding carboxylic acids is 2. The van der Waals surface area contributed by atoms with Gasteiger partial charge in [-0.2, -0.15) is 0 Å². The van der Waals surface area contributed by atoms with Crippen molar-refractivity contribution in [2.24, 2.45) is 0 Å². The van der Waals surface area contributed by atoms with Crippen molar-refractivity contribution in [2.75, 3.05) is 17.7 Å². The van der Waals surface area contributed by atoms with E-state index in [1.807, 2.05) is 24.3 Å². The number of aromatic nitrogens is 1. The molecule has 0 bridgehead atoms. The summed E-state index contributed by atoms with van der Waals surface area (Å²) in [7, 11) is 1.61. The van der Waals surface area contributed by atoms with Crippen molar-refractivity contribution in [3.63, 3.8) is 0 Å². The van der Waals surface area contributed by atoms with Crippen LogP contribution < -0.4 is 15.4 Å². The molecule has 0 atom stereocenters. The minimum absolute atomic E-state index is 0.0200. The molecule has 136 valence electrons. The van der Waals surface area contributed by atoms with Crippen LogP contribution in [0.25, 0.3) is 0 Å². The number of hydrogen-bond acceptors (Lipinski definition) is 5. The number of carbonyl (C=O) groups is 2. The van der Waals surface area contributed by atoms with Gasteiger partial charge in [0.25, 0.3) is 5.91 Å². The second kappa shape index (κ2) is 8.14. The van der Waals surface area contributed by atoms with E-state index < -0.39 is 0 Å². The molecule has 0 fully saturated rings. The molecule has 27 heavy (non-hydrogen) atoms. The summed E-state index contributed by atoms with van der Waals surface area (Å²) in [5.74, 6) is 0.427. The maximum atomic E-state index is 12.5. The number of anilines is 3. The molecule has 0 unspecified atom stereocenters. The van der Waals surface area contributed by atoms with Gasteiger partial charge in [0.1, 0.15) is 5.75 Å². The van der Waals surface area contributed by atoms with E-state index in [9.17, 15) is 9.59 Å². The molecule has 1 amide bonds. The van der Waals surface area contributed by atoms with Crippen LogP contribution in [0.3, 0.4) is 0 Å². The first-order valence-corrected chi connectivity index (χ1v) is 8.33. The maximum Gasteiger partial charge on any atom is 0.257 e. The summed E-state index contributed by atoms with van der Waals surface area (Å²) in [5, 5.41) is 5.99. The molecule has 0 saturated carbocycles. The van der Waals surface area contributed by atoms with Crippen molar-refractivity contribution < 1.29 is 14.3 Å². The monoisotopic (exact) mass is 361 g/mol. The zero-order valence-corrected chi connectivity index (χ0v) is 15.0. The molecule has 0 aliphatic carbocycles. The third-order valence-electron chi connectivity index (χ3n) is 3.91. The van der Waals surface area contributed by atoms with E-state index in [1.54, 1.807) is 43.6 Å². The van der Waals surface area contributed by atoms with E-state index in [1.165, 1.54) is 13.1 Å². The Hall–Kier alpha value is -3.67. The van der Waals surface area contributed by atoms with Gasteiger partial charge in [-0.3, -0.25) is 14.6 Å². The molecule has 3 aromatic rings. The van der Waals surface area contributed by atoms with Gasteiger partial charge in [-0.05, 0) is 49.4 Å². The van der Waals surface area contributed by atoms with Gasteiger partial charge in [0.05, 0.1) is 24.6 Å². The fraction of sp³-hybridized carbons (Fsp3) is 0.0952.